The van der Waals surface area contributed by atoms with Crippen molar-refractivity contribution in [2.24, 2.45) is 5.92 Å². The van der Waals surface area contributed by atoms with Crippen LogP contribution < -0.4 is 5.32 Å². The Morgan fingerprint density at radius 2 is 2.18 bits per heavy atom. The third-order valence-electron chi connectivity index (χ3n) is 5.48. The first-order chi connectivity index (χ1) is 10.4. The number of rotatable bonds is 4. The lowest BCUT2D eigenvalue weighted by molar-refractivity contribution is 0.0921. The van der Waals surface area contributed by atoms with Gasteiger partial charge in [0.2, 0.25) is 0 Å². The van der Waals surface area contributed by atoms with Gasteiger partial charge in [-0.15, -0.1) is 0 Å². The first-order valence-electron chi connectivity index (χ1n) is 8.41. The lowest BCUT2D eigenvalue weighted by Crippen LogP contribution is -2.40. The molecule has 0 bridgehead atoms. The zero-order valence-electron chi connectivity index (χ0n) is 14.1. The summed E-state index contributed by atoms with van der Waals surface area (Å²) in [5.41, 5.74) is 0.499. The fraction of sp³-hybridized carbons (Fsp3) is 0.765. The molecule has 122 valence electrons. The zero-order chi connectivity index (χ0) is 15.9. The third kappa shape index (κ3) is 2.78. The van der Waals surface area contributed by atoms with E-state index >= 15 is 0 Å². The number of aromatic nitrogens is 1. The van der Waals surface area contributed by atoms with Gasteiger partial charge in [0.05, 0.1) is 0 Å². The number of likely N-dealkylation sites (tertiary alicyclic amines) is 1. The summed E-state index contributed by atoms with van der Waals surface area (Å²) in [6.45, 7) is 10.7. The standard InChI is InChI=1S/C17H27N3O2/c1-11(2)20-9-12(3)14(10-20)18-16(21)13-8-15(22-19-13)17(4)6-5-7-17/h8,11-12,14H,5-7,9-10H2,1-4H3,(H,18,21)/t12-,14+/m1/s1. The molecule has 2 fully saturated rings. The van der Waals surface area contributed by atoms with Crippen molar-refractivity contribution in [2.75, 3.05) is 13.1 Å². The van der Waals surface area contributed by atoms with Crippen molar-refractivity contribution < 1.29 is 9.32 Å². The van der Waals surface area contributed by atoms with Gasteiger partial charge in [-0.25, -0.2) is 0 Å². The first kappa shape index (κ1) is 15.5. The number of hydrogen-bond acceptors (Lipinski definition) is 4. The van der Waals surface area contributed by atoms with E-state index in [1.807, 2.05) is 6.07 Å². The van der Waals surface area contributed by atoms with Crippen LogP contribution in [0, 0.1) is 5.92 Å². The molecule has 1 aromatic rings. The van der Waals surface area contributed by atoms with E-state index in [0.717, 1.165) is 31.7 Å². The highest BCUT2D eigenvalue weighted by Crippen LogP contribution is 2.43. The predicted octanol–water partition coefficient (Wildman–Crippen LogP) is 2.57. The van der Waals surface area contributed by atoms with Gasteiger partial charge in [0.15, 0.2) is 5.69 Å². The summed E-state index contributed by atoms with van der Waals surface area (Å²) in [6.07, 6.45) is 3.46. The van der Waals surface area contributed by atoms with Crippen LogP contribution in [0.1, 0.15) is 63.2 Å². The highest BCUT2D eigenvalue weighted by molar-refractivity contribution is 5.92. The maximum atomic E-state index is 12.4. The van der Waals surface area contributed by atoms with Crippen molar-refractivity contribution >= 4 is 5.91 Å². The summed E-state index contributed by atoms with van der Waals surface area (Å²) in [5.74, 6) is 1.20. The van der Waals surface area contributed by atoms with Crippen LogP contribution >= 0.6 is 0 Å². The summed E-state index contributed by atoms with van der Waals surface area (Å²) in [7, 11) is 0. The Labute approximate surface area is 132 Å². The van der Waals surface area contributed by atoms with Crippen LogP contribution in [0.2, 0.25) is 0 Å². The molecule has 22 heavy (non-hydrogen) atoms. The van der Waals surface area contributed by atoms with Crippen molar-refractivity contribution in [2.45, 2.75) is 64.5 Å². The minimum atomic E-state index is -0.111. The highest BCUT2D eigenvalue weighted by Gasteiger charge is 2.38. The van der Waals surface area contributed by atoms with Gasteiger partial charge in [-0.2, -0.15) is 0 Å². The normalized spacial score (nSPS) is 27.9. The number of nitrogens with zero attached hydrogens (tertiary/aromatic N) is 2. The maximum absolute atomic E-state index is 12.4. The molecule has 2 heterocycles. The Kier molecular flexibility index (Phi) is 4.02. The molecule has 0 radical (unpaired) electrons. The van der Waals surface area contributed by atoms with E-state index in [1.54, 1.807) is 0 Å². The van der Waals surface area contributed by atoms with Gasteiger partial charge in [-0.3, -0.25) is 9.69 Å². The van der Waals surface area contributed by atoms with E-state index in [2.05, 4.69) is 43.1 Å². The van der Waals surface area contributed by atoms with Crippen molar-refractivity contribution in [1.29, 1.82) is 0 Å². The second-order valence-electron chi connectivity index (χ2n) is 7.60. The van der Waals surface area contributed by atoms with Gasteiger partial charge < -0.3 is 9.84 Å². The number of amides is 1. The number of carbonyl (C=O) groups excluding carboxylic acids is 1. The molecule has 2 atom stereocenters. The van der Waals surface area contributed by atoms with E-state index in [-0.39, 0.29) is 17.4 Å². The molecular formula is C17H27N3O2. The minimum Gasteiger partial charge on any atom is -0.360 e. The van der Waals surface area contributed by atoms with Crippen molar-refractivity contribution in [3.8, 4) is 0 Å². The van der Waals surface area contributed by atoms with Crippen LogP contribution in [0.3, 0.4) is 0 Å². The molecule has 3 rings (SSSR count). The number of nitrogens with one attached hydrogen (secondary N) is 1. The van der Waals surface area contributed by atoms with E-state index in [9.17, 15) is 4.79 Å². The summed E-state index contributed by atoms with van der Waals surface area (Å²) in [6, 6.07) is 2.53. The Morgan fingerprint density at radius 3 is 2.73 bits per heavy atom. The van der Waals surface area contributed by atoms with E-state index < -0.39 is 0 Å². The summed E-state index contributed by atoms with van der Waals surface area (Å²) in [5, 5.41) is 7.11. The molecule has 1 saturated carbocycles. The molecule has 0 unspecified atom stereocenters. The predicted molar refractivity (Wildman–Crippen MR) is 84.8 cm³/mol. The molecular weight excluding hydrogens is 278 g/mol. The molecule has 2 aliphatic rings. The van der Waals surface area contributed by atoms with Gasteiger partial charge >= 0.3 is 0 Å². The van der Waals surface area contributed by atoms with E-state index in [1.165, 1.54) is 6.42 Å². The molecule has 1 aliphatic carbocycles. The largest absolute Gasteiger partial charge is 0.360 e. The number of hydrogen-bond donors (Lipinski definition) is 1. The van der Waals surface area contributed by atoms with Crippen LogP contribution in [-0.4, -0.2) is 41.1 Å². The Balaban J connectivity index is 1.63. The first-order valence-corrected chi connectivity index (χ1v) is 8.41. The van der Waals surface area contributed by atoms with Crippen LogP contribution in [-0.2, 0) is 5.41 Å². The van der Waals surface area contributed by atoms with Crippen LogP contribution in [0.15, 0.2) is 10.6 Å². The van der Waals surface area contributed by atoms with Gasteiger partial charge in [0, 0.05) is 36.7 Å². The van der Waals surface area contributed by atoms with Crippen LogP contribution in [0.25, 0.3) is 0 Å². The molecule has 1 N–H and O–H groups in total. The van der Waals surface area contributed by atoms with Crippen molar-refractivity contribution in [3.63, 3.8) is 0 Å². The fourth-order valence-electron chi connectivity index (χ4n) is 3.48. The van der Waals surface area contributed by atoms with Crippen LogP contribution in [0.4, 0.5) is 0 Å². The van der Waals surface area contributed by atoms with Gasteiger partial charge in [0.1, 0.15) is 5.76 Å². The highest BCUT2D eigenvalue weighted by atomic mass is 16.5. The molecule has 1 saturated heterocycles. The average Bonchev–Trinajstić information content (AvgIpc) is 3.04. The van der Waals surface area contributed by atoms with E-state index in [0.29, 0.717) is 17.7 Å². The van der Waals surface area contributed by atoms with Crippen LogP contribution in [0.5, 0.6) is 0 Å². The van der Waals surface area contributed by atoms with Gasteiger partial charge in [-0.05, 0) is 32.6 Å². The molecule has 0 spiro atoms. The summed E-state index contributed by atoms with van der Waals surface area (Å²) < 4.78 is 5.42. The molecule has 1 aromatic heterocycles. The summed E-state index contributed by atoms with van der Waals surface area (Å²) >= 11 is 0. The molecule has 5 heteroatoms. The monoisotopic (exact) mass is 305 g/mol. The van der Waals surface area contributed by atoms with Gasteiger partial charge in [0.25, 0.3) is 5.91 Å². The molecule has 5 nitrogen and oxygen atoms in total. The molecule has 1 amide bonds. The average molecular weight is 305 g/mol. The van der Waals surface area contributed by atoms with E-state index in [4.69, 9.17) is 4.52 Å². The second kappa shape index (κ2) is 5.69. The molecule has 1 aliphatic heterocycles. The SMILES string of the molecule is CC(C)N1C[C@@H](C)[C@@H](NC(=O)c2cc(C3(C)CCC3)on2)C1. The quantitative estimate of drug-likeness (QED) is 0.929. The number of carbonyl (C=O) groups is 1. The topological polar surface area (TPSA) is 58.4 Å². The Hall–Kier alpha value is -1.36. The fourth-order valence-corrected chi connectivity index (χ4v) is 3.48. The smallest absolute Gasteiger partial charge is 0.273 e. The minimum absolute atomic E-state index is 0.0840. The Morgan fingerprint density at radius 1 is 1.45 bits per heavy atom. The summed E-state index contributed by atoms with van der Waals surface area (Å²) in [4.78, 5) is 14.8. The molecule has 0 aromatic carbocycles. The lowest BCUT2D eigenvalue weighted by Gasteiger charge is -2.35. The zero-order valence-corrected chi connectivity index (χ0v) is 14.1. The van der Waals surface area contributed by atoms with Crippen molar-refractivity contribution in [1.82, 2.24) is 15.4 Å². The third-order valence-corrected chi connectivity index (χ3v) is 5.48. The van der Waals surface area contributed by atoms with Gasteiger partial charge in [-0.1, -0.05) is 25.4 Å². The second-order valence-corrected chi connectivity index (χ2v) is 7.60. The van der Waals surface area contributed by atoms with Crippen molar-refractivity contribution in [3.05, 3.63) is 17.5 Å². The Bertz CT molecular complexity index is 548. The maximum Gasteiger partial charge on any atom is 0.273 e. The lowest BCUT2D eigenvalue weighted by atomic mass is 9.69.